The molecule has 2 aromatic rings. The van der Waals surface area contributed by atoms with Gasteiger partial charge in [0.1, 0.15) is 6.04 Å². The summed E-state index contributed by atoms with van der Waals surface area (Å²) in [6.07, 6.45) is 1.65. The number of quaternary nitrogens is 1. The van der Waals surface area contributed by atoms with Crippen LogP contribution in [0.15, 0.2) is 41.0 Å². The van der Waals surface area contributed by atoms with Crippen LogP contribution in [0.3, 0.4) is 0 Å². The first kappa shape index (κ1) is 14.3. The summed E-state index contributed by atoms with van der Waals surface area (Å²) in [5, 5.41) is 4.91. The number of furan rings is 1. The molecule has 0 aliphatic heterocycles. The van der Waals surface area contributed by atoms with Crippen molar-refractivity contribution in [3.63, 3.8) is 0 Å². The monoisotopic (exact) mass is 273 g/mol. The molecule has 4 nitrogen and oxygen atoms in total. The summed E-state index contributed by atoms with van der Waals surface area (Å²) in [4.78, 5) is 12.0. The molecule has 3 N–H and O–H groups in total. The third-order valence-electron chi connectivity index (χ3n) is 3.32. The summed E-state index contributed by atoms with van der Waals surface area (Å²) in [7, 11) is 0. The highest BCUT2D eigenvalue weighted by Crippen LogP contribution is 2.15. The predicted molar refractivity (Wildman–Crippen MR) is 78.5 cm³/mol. The minimum atomic E-state index is -0.00268. The topological polar surface area (TPSA) is 58.9 Å². The summed E-state index contributed by atoms with van der Waals surface area (Å²) >= 11 is 0. The van der Waals surface area contributed by atoms with E-state index in [0.29, 0.717) is 6.54 Å². The molecule has 1 amide bonds. The van der Waals surface area contributed by atoms with Crippen LogP contribution >= 0.6 is 0 Å². The standard InChI is InChI=1S/C16H20N2O2/c1-11-6-7-12(2)14(9-11)18-16(19)10-17-13(3)15-5-4-8-20-15/h4-9,13,17H,10H2,1-3H3,(H,18,19)/p+1/t13-/m1/s1. The molecule has 0 fully saturated rings. The van der Waals surface area contributed by atoms with E-state index in [1.165, 1.54) is 0 Å². The molecule has 0 aliphatic carbocycles. The summed E-state index contributed by atoms with van der Waals surface area (Å²) in [5.41, 5.74) is 3.09. The van der Waals surface area contributed by atoms with E-state index < -0.39 is 0 Å². The van der Waals surface area contributed by atoms with Gasteiger partial charge in [-0.1, -0.05) is 12.1 Å². The van der Waals surface area contributed by atoms with Gasteiger partial charge in [0, 0.05) is 5.69 Å². The van der Waals surface area contributed by atoms with Crippen molar-refractivity contribution in [2.24, 2.45) is 0 Å². The van der Waals surface area contributed by atoms with Crippen LogP contribution in [0.1, 0.15) is 29.9 Å². The van der Waals surface area contributed by atoms with E-state index in [1.807, 2.05) is 56.4 Å². The van der Waals surface area contributed by atoms with Gasteiger partial charge in [-0.05, 0) is 50.1 Å². The first-order chi connectivity index (χ1) is 9.56. The molecule has 1 aromatic heterocycles. The van der Waals surface area contributed by atoms with Crippen LogP contribution in [0.5, 0.6) is 0 Å². The van der Waals surface area contributed by atoms with E-state index in [2.05, 4.69) is 5.32 Å². The number of rotatable bonds is 5. The fraction of sp³-hybridized carbons (Fsp3) is 0.312. The summed E-state index contributed by atoms with van der Waals surface area (Å²) < 4.78 is 5.32. The number of carbonyl (C=O) groups excluding carboxylic acids is 1. The Morgan fingerprint density at radius 2 is 2.15 bits per heavy atom. The fourth-order valence-corrected chi connectivity index (χ4v) is 2.02. The smallest absolute Gasteiger partial charge is 0.279 e. The van der Waals surface area contributed by atoms with E-state index >= 15 is 0 Å². The van der Waals surface area contributed by atoms with E-state index in [9.17, 15) is 4.79 Å². The summed E-state index contributed by atoms with van der Waals surface area (Å²) in [6.45, 7) is 6.39. The highest BCUT2D eigenvalue weighted by Gasteiger charge is 2.14. The van der Waals surface area contributed by atoms with Crippen LogP contribution in [0.4, 0.5) is 5.69 Å². The van der Waals surface area contributed by atoms with Crippen molar-refractivity contribution in [2.75, 3.05) is 11.9 Å². The predicted octanol–water partition coefficient (Wildman–Crippen LogP) is 2.16. The number of hydrogen-bond donors (Lipinski definition) is 2. The SMILES string of the molecule is Cc1ccc(C)c(NC(=O)C[NH2+][C@H](C)c2ccco2)c1. The van der Waals surface area contributed by atoms with Crippen LogP contribution in [-0.4, -0.2) is 12.5 Å². The van der Waals surface area contributed by atoms with Gasteiger partial charge in [-0.2, -0.15) is 0 Å². The maximum absolute atomic E-state index is 12.0. The van der Waals surface area contributed by atoms with Crippen molar-refractivity contribution < 1.29 is 14.5 Å². The minimum Gasteiger partial charge on any atom is -0.463 e. The van der Waals surface area contributed by atoms with Gasteiger partial charge in [0.25, 0.3) is 5.91 Å². The summed E-state index contributed by atoms with van der Waals surface area (Å²) in [5.74, 6) is 0.877. The third kappa shape index (κ3) is 3.71. The average Bonchev–Trinajstić information content (AvgIpc) is 2.94. The highest BCUT2D eigenvalue weighted by molar-refractivity contribution is 5.92. The van der Waals surface area contributed by atoms with Crippen LogP contribution in [0.2, 0.25) is 0 Å². The number of hydrogen-bond acceptors (Lipinski definition) is 2. The zero-order chi connectivity index (χ0) is 14.5. The van der Waals surface area contributed by atoms with Crippen LogP contribution in [0, 0.1) is 13.8 Å². The van der Waals surface area contributed by atoms with E-state index in [4.69, 9.17) is 4.42 Å². The second kappa shape index (κ2) is 6.39. The Labute approximate surface area is 119 Å². The number of carbonyl (C=O) groups is 1. The molecule has 0 spiro atoms. The largest absolute Gasteiger partial charge is 0.463 e. The van der Waals surface area contributed by atoms with Crippen molar-refractivity contribution in [1.29, 1.82) is 0 Å². The number of nitrogens with one attached hydrogen (secondary N) is 1. The maximum Gasteiger partial charge on any atom is 0.279 e. The maximum atomic E-state index is 12.0. The number of aryl methyl sites for hydroxylation is 2. The number of anilines is 1. The Bertz CT molecular complexity index is 576. The Balaban J connectivity index is 1.88. The first-order valence-corrected chi connectivity index (χ1v) is 6.80. The Morgan fingerprint density at radius 1 is 1.35 bits per heavy atom. The Kier molecular flexibility index (Phi) is 4.58. The second-order valence-corrected chi connectivity index (χ2v) is 5.11. The van der Waals surface area contributed by atoms with E-state index in [0.717, 1.165) is 22.6 Å². The lowest BCUT2D eigenvalue weighted by Gasteiger charge is -2.10. The van der Waals surface area contributed by atoms with Crippen molar-refractivity contribution in [3.05, 3.63) is 53.5 Å². The zero-order valence-electron chi connectivity index (χ0n) is 12.1. The van der Waals surface area contributed by atoms with E-state index in [-0.39, 0.29) is 11.9 Å². The second-order valence-electron chi connectivity index (χ2n) is 5.11. The molecule has 2 rings (SSSR count). The van der Waals surface area contributed by atoms with Gasteiger partial charge in [0.15, 0.2) is 12.3 Å². The third-order valence-corrected chi connectivity index (χ3v) is 3.32. The normalized spacial score (nSPS) is 12.2. The van der Waals surface area contributed by atoms with Gasteiger partial charge in [-0.3, -0.25) is 4.79 Å². The summed E-state index contributed by atoms with van der Waals surface area (Å²) in [6, 6.07) is 9.95. The average molecular weight is 273 g/mol. The number of nitrogens with two attached hydrogens (primary N) is 1. The number of benzene rings is 1. The van der Waals surface area contributed by atoms with Gasteiger partial charge in [-0.25, -0.2) is 0 Å². The van der Waals surface area contributed by atoms with E-state index in [1.54, 1.807) is 6.26 Å². The van der Waals surface area contributed by atoms with Crippen molar-refractivity contribution >= 4 is 11.6 Å². The van der Waals surface area contributed by atoms with Gasteiger partial charge in [-0.15, -0.1) is 0 Å². The molecule has 106 valence electrons. The molecule has 4 heteroatoms. The lowest BCUT2D eigenvalue weighted by atomic mass is 10.1. The molecule has 1 aromatic carbocycles. The highest BCUT2D eigenvalue weighted by atomic mass is 16.3. The van der Waals surface area contributed by atoms with Crippen LogP contribution < -0.4 is 10.6 Å². The molecule has 0 radical (unpaired) electrons. The Hall–Kier alpha value is -2.07. The molecule has 0 unspecified atom stereocenters. The van der Waals surface area contributed by atoms with Gasteiger partial charge >= 0.3 is 0 Å². The molecule has 0 saturated carbocycles. The van der Waals surface area contributed by atoms with Crippen molar-refractivity contribution in [1.82, 2.24) is 0 Å². The van der Waals surface area contributed by atoms with Crippen LogP contribution in [-0.2, 0) is 4.79 Å². The van der Waals surface area contributed by atoms with Crippen LogP contribution in [0.25, 0.3) is 0 Å². The first-order valence-electron chi connectivity index (χ1n) is 6.80. The lowest BCUT2D eigenvalue weighted by molar-refractivity contribution is -0.684. The minimum absolute atomic E-state index is 0.00268. The van der Waals surface area contributed by atoms with Gasteiger partial charge in [0.2, 0.25) is 0 Å². The Morgan fingerprint density at radius 3 is 2.85 bits per heavy atom. The van der Waals surface area contributed by atoms with Crippen molar-refractivity contribution in [3.8, 4) is 0 Å². The zero-order valence-corrected chi connectivity index (χ0v) is 12.1. The molecule has 0 aliphatic rings. The molecule has 20 heavy (non-hydrogen) atoms. The molecule has 1 heterocycles. The number of amides is 1. The van der Waals surface area contributed by atoms with Gasteiger partial charge < -0.3 is 15.1 Å². The fourth-order valence-electron chi connectivity index (χ4n) is 2.02. The molecule has 1 atom stereocenters. The lowest BCUT2D eigenvalue weighted by Crippen LogP contribution is -2.86. The van der Waals surface area contributed by atoms with Crippen molar-refractivity contribution in [2.45, 2.75) is 26.8 Å². The molecule has 0 bridgehead atoms. The molecular weight excluding hydrogens is 252 g/mol. The quantitative estimate of drug-likeness (QED) is 0.877. The van der Waals surface area contributed by atoms with Gasteiger partial charge in [0.05, 0.1) is 6.26 Å². The molecular formula is C16H21N2O2+. The molecule has 0 saturated heterocycles.